The van der Waals surface area contributed by atoms with Gasteiger partial charge in [-0.1, -0.05) is 24.3 Å². The molecule has 3 nitrogen and oxygen atoms in total. The molecule has 21 heavy (non-hydrogen) atoms. The molecular formula is C16H13BrFN3. The van der Waals surface area contributed by atoms with E-state index >= 15 is 0 Å². The van der Waals surface area contributed by atoms with E-state index in [0.29, 0.717) is 11.0 Å². The van der Waals surface area contributed by atoms with Crippen LogP contribution in [0.2, 0.25) is 0 Å². The monoisotopic (exact) mass is 345 g/mol. The molecule has 2 heterocycles. The lowest BCUT2D eigenvalue weighted by atomic mass is 10.1. The average Bonchev–Trinajstić information content (AvgIpc) is 2.50. The van der Waals surface area contributed by atoms with Crippen molar-refractivity contribution >= 4 is 32.7 Å². The predicted molar refractivity (Wildman–Crippen MR) is 85.8 cm³/mol. The molecule has 106 valence electrons. The van der Waals surface area contributed by atoms with Crippen LogP contribution in [0.5, 0.6) is 0 Å². The van der Waals surface area contributed by atoms with Crippen molar-refractivity contribution < 1.29 is 4.39 Å². The van der Waals surface area contributed by atoms with E-state index in [1.165, 1.54) is 6.07 Å². The second kappa shape index (κ2) is 6.18. The highest BCUT2D eigenvalue weighted by atomic mass is 79.9. The quantitative estimate of drug-likeness (QED) is 0.770. The van der Waals surface area contributed by atoms with Crippen LogP contribution in [0, 0.1) is 5.82 Å². The standard InChI is InChI=1S/C16H13BrFN3/c17-13-9-14(18)16(21-10-13)20-8-6-12-4-1-3-11-5-2-7-19-15(11)12/h1-5,7,9-10H,6,8H2,(H,20,21). The van der Waals surface area contributed by atoms with Gasteiger partial charge in [0.1, 0.15) is 0 Å². The lowest BCUT2D eigenvalue weighted by Crippen LogP contribution is -2.08. The summed E-state index contributed by atoms with van der Waals surface area (Å²) in [5.74, 6) is -0.0909. The van der Waals surface area contributed by atoms with Crippen LogP contribution in [-0.2, 0) is 6.42 Å². The van der Waals surface area contributed by atoms with E-state index in [0.717, 1.165) is 22.9 Å². The largest absolute Gasteiger partial charge is 0.367 e. The molecule has 0 saturated heterocycles. The topological polar surface area (TPSA) is 37.8 Å². The van der Waals surface area contributed by atoms with Gasteiger partial charge in [0.05, 0.1) is 5.52 Å². The van der Waals surface area contributed by atoms with Gasteiger partial charge in [0.15, 0.2) is 11.6 Å². The lowest BCUT2D eigenvalue weighted by molar-refractivity contribution is 0.623. The summed E-state index contributed by atoms with van der Waals surface area (Å²) in [6.07, 6.45) is 4.12. The third kappa shape index (κ3) is 3.19. The van der Waals surface area contributed by atoms with Gasteiger partial charge < -0.3 is 5.32 Å². The third-order valence-corrected chi connectivity index (χ3v) is 3.64. The van der Waals surface area contributed by atoms with E-state index < -0.39 is 0 Å². The van der Waals surface area contributed by atoms with Crippen LogP contribution in [0.25, 0.3) is 10.9 Å². The zero-order chi connectivity index (χ0) is 14.7. The van der Waals surface area contributed by atoms with Crippen molar-refractivity contribution in [3.8, 4) is 0 Å². The summed E-state index contributed by atoms with van der Waals surface area (Å²) in [6.45, 7) is 0.598. The molecule has 0 saturated carbocycles. The highest BCUT2D eigenvalue weighted by molar-refractivity contribution is 9.10. The van der Waals surface area contributed by atoms with Crippen LogP contribution >= 0.6 is 15.9 Å². The molecule has 0 unspecified atom stereocenters. The highest BCUT2D eigenvalue weighted by Gasteiger charge is 2.05. The Morgan fingerprint density at radius 1 is 1.14 bits per heavy atom. The Morgan fingerprint density at radius 3 is 2.86 bits per heavy atom. The number of benzene rings is 1. The lowest BCUT2D eigenvalue weighted by Gasteiger charge is -2.08. The van der Waals surface area contributed by atoms with Gasteiger partial charge in [-0.2, -0.15) is 0 Å². The first-order valence-corrected chi connectivity index (χ1v) is 7.41. The van der Waals surface area contributed by atoms with Crippen LogP contribution in [0.15, 0.2) is 53.3 Å². The van der Waals surface area contributed by atoms with Gasteiger partial charge >= 0.3 is 0 Å². The maximum Gasteiger partial charge on any atom is 0.166 e. The van der Waals surface area contributed by atoms with E-state index in [-0.39, 0.29) is 11.6 Å². The normalized spacial score (nSPS) is 10.8. The van der Waals surface area contributed by atoms with Gasteiger partial charge in [0.25, 0.3) is 0 Å². The minimum Gasteiger partial charge on any atom is -0.367 e. The Balaban J connectivity index is 1.72. The van der Waals surface area contributed by atoms with Crippen LogP contribution in [0.4, 0.5) is 10.2 Å². The average molecular weight is 346 g/mol. The smallest absolute Gasteiger partial charge is 0.166 e. The second-order valence-corrected chi connectivity index (χ2v) is 5.57. The van der Waals surface area contributed by atoms with Crippen molar-refractivity contribution in [3.05, 3.63) is 64.6 Å². The van der Waals surface area contributed by atoms with Gasteiger partial charge in [0, 0.05) is 28.8 Å². The number of rotatable bonds is 4. The van der Waals surface area contributed by atoms with Gasteiger partial charge in [-0.15, -0.1) is 0 Å². The molecule has 2 aromatic heterocycles. The zero-order valence-electron chi connectivity index (χ0n) is 11.2. The molecule has 3 rings (SSSR count). The molecule has 1 N–H and O–H groups in total. The fraction of sp³-hybridized carbons (Fsp3) is 0.125. The number of nitrogens with one attached hydrogen (secondary N) is 1. The van der Waals surface area contributed by atoms with Crippen molar-refractivity contribution in [2.45, 2.75) is 6.42 Å². The Hall–Kier alpha value is -2.01. The van der Waals surface area contributed by atoms with Gasteiger partial charge in [-0.3, -0.25) is 4.98 Å². The second-order valence-electron chi connectivity index (χ2n) is 4.65. The molecule has 0 radical (unpaired) electrons. The summed E-state index contributed by atoms with van der Waals surface area (Å²) in [6, 6.07) is 11.4. The molecule has 0 atom stereocenters. The molecule has 1 aromatic carbocycles. The van der Waals surface area contributed by atoms with E-state index in [4.69, 9.17) is 0 Å². The maximum absolute atomic E-state index is 13.7. The number of aromatic nitrogens is 2. The summed E-state index contributed by atoms with van der Waals surface area (Å²) in [5.41, 5.74) is 2.13. The SMILES string of the molecule is Fc1cc(Br)cnc1NCCc1cccc2cccnc12. The number of halogens is 2. The molecule has 0 amide bonds. The molecule has 0 aliphatic heterocycles. The van der Waals surface area contributed by atoms with E-state index in [9.17, 15) is 4.39 Å². The Bertz CT molecular complexity index is 771. The van der Waals surface area contributed by atoms with Crippen LogP contribution in [0.3, 0.4) is 0 Å². The first-order valence-electron chi connectivity index (χ1n) is 6.61. The van der Waals surface area contributed by atoms with Crippen LogP contribution in [-0.4, -0.2) is 16.5 Å². The van der Waals surface area contributed by atoms with Gasteiger partial charge in [-0.25, -0.2) is 9.37 Å². The number of hydrogen-bond donors (Lipinski definition) is 1. The van der Waals surface area contributed by atoms with Crippen molar-refractivity contribution in [3.63, 3.8) is 0 Å². The zero-order valence-corrected chi connectivity index (χ0v) is 12.8. The van der Waals surface area contributed by atoms with E-state index in [2.05, 4.69) is 31.2 Å². The molecule has 5 heteroatoms. The Labute approximate surface area is 130 Å². The van der Waals surface area contributed by atoms with Gasteiger partial charge in [-0.05, 0) is 40.0 Å². The molecule has 0 bridgehead atoms. The molecule has 0 aliphatic rings. The number of para-hydroxylation sites is 1. The van der Waals surface area contributed by atoms with Crippen molar-refractivity contribution in [2.75, 3.05) is 11.9 Å². The van der Waals surface area contributed by atoms with Crippen molar-refractivity contribution in [2.24, 2.45) is 0 Å². The summed E-state index contributed by atoms with van der Waals surface area (Å²) >= 11 is 3.19. The third-order valence-electron chi connectivity index (χ3n) is 3.21. The summed E-state index contributed by atoms with van der Waals surface area (Å²) < 4.78 is 14.3. The van der Waals surface area contributed by atoms with Crippen LogP contribution in [0.1, 0.15) is 5.56 Å². The Kier molecular flexibility index (Phi) is 4.10. The fourth-order valence-electron chi connectivity index (χ4n) is 2.23. The summed E-state index contributed by atoms with van der Waals surface area (Å²) in [5, 5.41) is 4.13. The summed E-state index contributed by atoms with van der Waals surface area (Å²) in [7, 11) is 0. The molecule has 3 aromatic rings. The number of hydrogen-bond acceptors (Lipinski definition) is 3. The summed E-state index contributed by atoms with van der Waals surface area (Å²) in [4.78, 5) is 8.43. The molecule has 0 aliphatic carbocycles. The molecular weight excluding hydrogens is 333 g/mol. The minimum atomic E-state index is -0.361. The number of fused-ring (bicyclic) bond motifs is 1. The van der Waals surface area contributed by atoms with Crippen molar-refractivity contribution in [1.29, 1.82) is 0 Å². The predicted octanol–water partition coefficient (Wildman–Crippen LogP) is 4.19. The highest BCUT2D eigenvalue weighted by Crippen LogP contribution is 2.18. The molecule has 0 spiro atoms. The van der Waals surface area contributed by atoms with E-state index in [1.807, 2.05) is 30.3 Å². The number of pyridine rings is 2. The van der Waals surface area contributed by atoms with Gasteiger partial charge in [0.2, 0.25) is 0 Å². The van der Waals surface area contributed by atoms with Crippen LogP contribution < -0.4 is 5.32 Å². The van der Waals surface area contributed by atoms with Crippen molar-refractivity contribution in [1.82, 2.24) is 9.97 Å². The first kappa shape index (κ1) is 13.9. The van der Waals surface area contributed by atoms with E-state index in [1.54, 1.807) is 12.4 Å². The fourth-order valence-corrected chi connectivity index (χ4v) is 2.53. The first-order chi connectivity index (χ1) is 10.2. The maximum atomic E-state index is 13.7. The number of anilines is 1. The minimum absolute atomic E-state index is 0.270. The number of nitrogens with zero attached hydrogens (tertiary/aromatic N) is 2. The Morgan fingerprint density at radius 2 is 2.00 bits per heavy atom. The molecule has 0 fully saturated rings.